The van der Waals surface area contributed by atoms with Crippen molar-refractivity contribution in [3.63, 3.8) is 0 Å². The van der Waals surface area contributed by atoms with Crippen LogP contribution in [0, 0.1) is 38.0 Å². The normalized spacial score (nSPS) is 12.4. The SMILES string of the molecule is C=C/C(C)=C([CH2-])\C(=C/CCC)c1ccccc1.[U]. The predicted octanol–water partition coefficient (Wildman–Crippen LogP) is 5.21. The monoisotopic (exact) mass is 463 g/mol. The van der Waals surface area contributed by atoms with Crippen molar-refractivity contribution in [2.75, 3.05) is 0 Å². The molecule has 0 bridgehead atoms. The molecular weight excluding hydrogens is 442 g/mol. The smallest absolute Gasteiger partial charge is 0 e. The Bertz CT molecular complexity index is 424. The quantitative estimate of drug-likeness (QED) is 0.416. The summed E-state index contributed by atoms with van der Waals surface area (Å²) in [7, 11) is 0. The van der Waals surface area contributed by atoms with Gasteiger partial charge in [-0.2, -0.15) is 18.1 Å². The van der Waals surface area contributed by atoms with Crippen LogP contribution in [-0.4, -0.2) is 0 Å². The standard InChI is InChI=1S/C17H21.U/c1-5-7-13-17(15(4)14(3)6-2)16-11-9-8-10-12-16;/h6,8-13H,2,4-5,7H2,1,3H3;/q-1;/b15-14-,17-13+;. The van der Waals surface area contributed by atoms with Crippen LogP contribution in [0.1, 0.15) is 32.3 Å². The summed E-state index contributed by atoms with van der Waals surface area (Å²) in [6.07, 6.45) is 6.36. The van der Waals surface area contributed by atoms with Crippen molar-refractivity contribution in [3.8, 4) is 0 Å². The molecule has 18 heavy (non-hydrogen) atoms. The second-order valence-electron chi connectivity index (χ2n) is 4.14. The Kier molecular flexibility index (Phi) is 8.98. The van der Waals surface area contributed by atoms with Gasteiger partial charge in [-0.3, -0.25) is 0 Å². The molecule has 1 heteroatoms. The van der Waals surface area contributed by atoms with E-state index >= 15 is 0 Å². The maximum atomic E-state index is 4.18. The van der Waals surface area contributed by atoms with Crippen LogP contribution in [0.5, 0.6) is 0 Å². The van der Waals surface area contributed by atoms with Crippen LogP contribution >= 0.6 is 0 Å². The van der Waals surface area contributed by atoms with E-state index in [1.54, 1.807) is 0 Å². The number of rotatable bonds is 5. The van der Waals surface area contributed by atoms with Crippen molar-refractivity contribution >= 4 is 5.57 Å². The van der Waals surface area contributed by atoms with E-state index in [1.165, 1.54) is 11.1 Å². The molecule has 0 amide bonds. The first kappa shape index (κ1) is 17.4. The summed E-state index contributed by atoms with van der Waals surface area (Å²) in [5.74, 6) is 0. The summed E-state index contributed by atoms with van der Waals surface area (Å²) in [5.41, 5.74) is 4.66. The van der Waals surface area contributed by atoms with Crippen LogP contribution in [0.15, 0.2) is 60.2 Å². The number of unbranched alkanes of at least 4 members (excludes halogenated alkanes) is 1. The average molecular weight is 463 g/mol. The first-order valence-corrected chi connectivity index (χ1v) is 6.12. The van der Waals surface area contributed by atoms with Crippen molar-refractivity contribution in [3.05, 3.63) is 72.7 Å². The summed E-state index contributed by atoms with van der Waals surface area (Å²) in [5, 5.41) is 0. The minimum Gasteiger partial charge on any atom is -0.198 e. The predicted molar refractivity (Wildman–Crippen MR) is 77.6 cm³/mol. The van der Waals surface area contributed by atoms with Gasteiger partial charge in [0.2, 0.25) is 0 Å². The molecule has 0 aliphatic rings. The van der Waals surface area contributed by atoms with Gasteiger partial charge in [0.15, 0.2) is 0 Å². The van der Waals surface area contributed by atoms with Gasteiger partial charge in [-0.15, -0.1) is 24.3 Å². The Morgan fingerprint density at radius 2 is 1.89 bits per heavy atom. The maximum absolute atomic E-state index is 4.18. The second kappa shape index (κ2) is 9.31. The van der Waals surface area contributed by atoms with Gasteiger partial charge < -0.3 is 0 Å². The zero-order valence-corrected chi connectivity index (χ0v) is 15.5. The van der Waals surface area contributed by atoms with E-state index in [0.717, 1.165) is 24.0 Å². The fourth-order valence-electron chi connectivity index (χ4n) is 1.66. The van der Waals surface area contributed by atoms with Gasteiger partial charge >= 0.3 is 0 Å². The summed E-state index contributed by atoms with van der Waals surface area (Å²) >= 11 is 0. The molecule has 0 unspecified atom stereocenters. The fraction of sp³-hybridized carbons (Fsp3) is 0.235. The molecule has 0 saturated heterocycles. The van der Waals surface area contributed by atoms with Gasteiger partial charge in [-0.05, 0) is 6.42 Å². The van der Waals surface area contributed by atoms with Gasteiger partial charge in [0.05, 0.1) is 0 Å². The van der Waals surface area contributed by atoms with Crippen LogP contribution in [0.4, 0.5) is 0 Å². The Morgan fingerprint density at radius 1 is 1.28 bits per heavy atom. The molecular formula is C17H21U-. The van der Waals surface area contributed by atoms with Gasteiger partial charge in [0.1, 0.15) is 0 Å². The molecule has 0 heterocycles. The average Bonchev–Trinajstić information content (AvgIpc) is 2.39. The van der Waals surface area contributed by atoms with Crippen LogP contribution < -0.4 is 0 Å². The summed E-state index contributed by atoms with van der Waals surface area (Å²) < 4.78 is 0. The molecule has 0 aromatic heterocycles. The summed E-state index contributed by atoms with van der Waals surface area (Å²) in [6, 6.07) is 10.4. The minimum atomic E-state index is 0. The molecule has 0 fully saturated rings. The third kappa shape index (κ3) is 4.93. The van der Waals surface area contributed by atoms with Crippen molar-refractivity contribution in [1.29, 1.82) is 0 Å². The van der Waals surface area contributed by atoms with Gasteiger partial charge in [0.25, 0.3) is 0 Å². The van der Waals surface area contributed by atoms with Crippen molar-refractivity contribution in [2.24, 2.45) is 0 Å². The van der Waals surface area contributed by atoms with E-state index in [4.69, 9.17) is 0 Å². The van der Waals surface area contributed by atoms with E-state index < -0.39 is 0 Å². The molecule has 0 N–H and O–H groups in total. The third-order valence-corrected chi connectivity index (χ3v) is 2.83. The fourth-order valence-corrected chi connectivity index (χ4v) is 1.66. The number of benzene rings is 1. The number of hydrogen-bond donors (Lipinski definition) is 0. The van der Waals surface area contributed by atoms with Crippen molar-refractivity contribution in [2.45, 2.75) is 26.7 Å². The summed E-state index contributed by atoms with van der Waals surface area (Å²) in [6.45, 7) is 12.2. The zero-order chi connectivity index (χ0) is 12.7. The molecule has 0 nitrogen and oxygen atoms in total. The summed E-state index contributed by atoms with van der Waals surface area (Å²) in [4.78, 5) is 0. The largest absolute Gasteiger partial charge is 0.198 e. The molecule has 0 aliphatic heterocycles. The molecule has 1 rings (SSSR count). The molecule has 1 aromatic rings. The Balaban J connectivity index is 0.00000289. The molecule has 1 aromatic carbocycles. The van der Waals surface area contributed by atoms with Crippen LogP contribution in [0.3, 0.4) is 0 Å². The number of allylic oxidation sites excluding steroid dienone is 5. The van der Waals surface area contributed by atoms with Crippen molar-refractivity contribution < 1.29 is 31.1 Å². The van der Waals surface area contributed by atoms with E-state index in [-0.39, 0.29) is 31.1 Å². The molecule has 0 saturated carbocycles. The molecule has 94 valence electrons. The molecule has 0 aliphatic carbocycles. The third-order valence-electron chi connectivity index (χ3n) is 2.83. The maximum Gasteiger partial charge on any atom is 0 e. The van der Waals surface area contributed by atoms with Crippen molar-refractivity contribution in [1.82, 2.24) is 0 Å². The minimum absolute atomic E-state index is 0. The van der Waals surface area contributed by atoms with Gasteiger partial charge in [-0.1, -0.05) is 56.2 Å². The Labute approximate surface area is 135 Å². The molecule has 0 radical (unpaired) electrons. The second-order valence-corrected chi connectivity index (χ2v) is 4.14. The van der Waals surface area contributed by atoms with Crippen LogP contribution in [0.2, 0.25) is 0 Å². The van der Waals surface area contributed by atoms with Gasteiger partial charge in [-0.25, -0.2) is 0 Å². The Hall–Kier alpha value is -0.638. The van der Waals surface area contributed by atoms with Crippen LogP contribution in [0.25, 0.3) is 5.57 Å². The van der Waals surface area contributed by atoms with Gasteiger partial charge in [0, 0.05) is 31.1 Å². The molecule has 0 spiro atoms. The first-order chi connectivity index (χ1) is 8.20. The van der Waals surface area contributed by atoms with E-state index in [9.17, 15) is 0 Å². The van der Waals surface area contributed by atoms with E-state index in [2.05, 4.69) is 57.7 Å². The topological polar surface area (TPSA) is 0 Å². The van der Waals surface area contributed by atoms with Crippen LogP contribution in [-0.2, 0) is 0 Å². The van der Waals surface area contributed by atoms with E-state index in [1.807, 2.05) is 12.1 Å². The first-order valence-electron chi connectivity index (χ1n) is 6.12. The van der Waals surface area contributed by atoms with E-state index in [0.29, 0.717) is 0 Å². The number of hydrogen-bond acceptors (Lipinski definition) is 0. The Morgan fingerprint density at radius 3 is 2.39 bits per heavy atom. The zero-order valence-electron chi connectivity index (χ0n) is 11.4. The molecule has 0 atom stereocenters.